The average molecular weight is 326 g/mol. The maximum Gasteiger partial charge on any atom is 0.238 e. The molecule has 0 radical (unpaired) electrons. The maximum atomic E-state index is 11.2. The number of halogens is 1. The SMILES string of the molecule is CC(C)c1ccc(Oc2ccc(S(N)(=O)=O)cc2Cl)cc1. The number of hydrogen-bond donors (Lipinski definition) is 1. The van der Waals surface area contributed by atoms with Gasteiger partial charge in [-0.15, -0.1) is 0 Å². The minimum Gasteiger partial charge on any atom is -0.456 e. The third-order valence-electron chi connectivity index (χ3n) is 3.01. The van der Waals surface area contributed by atoms with Crippen LogP contribution in [0, 0.1) is 0 Å². The Hall–Kier alpha value is -1.56. The number of ether oxygens (including phenoxy) is 1. The predicted molar refractivity (Wildman–Crippen MR) is 83.4 cm³/mol. The van der Waals surface area contributed by atoms with E-state index in [1.165, 1.54) is 23.8 Å². The Balaban J connectivity index is 2.24. The molecule has 0 aliphatic carbocycles. The highest BCUT2D eigenvalue weighted by Crippen LogP contribution is 2.31. The van der Waals surface area contributed by atoms with Crippen molar-refractivity contribution >= 4 is 21.6 Å². The fraction of sp³-hybridized carbons (Fsp3) is 0.200. The summed E-state index contributed by atoms with van der Waals surface area (Å²) in [5, 5.41) is 5.24. The minimum atomic E-state index is -3.77. The van der Waals surface area contributed by atoms with Crippen molar-refractivity contribution in [3.05, 3.63) is 53.1 Å². The molecule has 0 atom stereocenters. The van der Waals surface area contributed by atoms with Crippen LogP contribution < -0.4 is 9.88 Å². The molecule has 0 aliphatic heterocycles. The van der Waals surface area contributed by atoms with E-state index in [9.17, 15) is 8.42 Å². The lowest BCUT2D eigenvalue weighted by Crippen LogP contribution is -2.11. The molecule has 21 heavy (non-hydrogen) atoms. The van der Waals surface area contributed by atoms with Gasteiger partial charge < -0.3 is 4.74 Å². The van der Waals surface area contributed by atoms with Gasteiger partial charge in [-0.1, -0.05) is 37.6 Å². The van der Waals surface area contributed by atoms with Crippen molar-refractivity contribution in [2.75, 3.05) is 0 Å². The lowest BCUT2D eigenvalue weighted by Gasteiger charge is -2.10. The Kier molecular flexibility index (Phi) is 4.56. The van der Waals surface area contributed by atoms with Crippen molar-refractivity contribution in [2.24, 2.45) is 5.14 Å². The van der Waals surface area contributed by atoms with Gasteiger partial charge in [0.05, 0.1) is 9.92 Å². The van der Waals surface area contributed by atoms with Gasteiger partial charge >= 0.3 is 0 Å². The number of primary sulfonamides is 1. The second kappa shape index (κ2) is 6.05. The predicted octanol–water partition coefficient (Wildman–Crippen LogP) is 3.90. The molecule has 0 saturated carbocycles. The summed E-state index contributed by atoms with van der Waals surface area (Å²) in [4.78, 5) is -0.0463. The van der Waals surface area contributed by atoms with E-state index >= 15 is 0 Å². The smallest absolute Gasteiger partial charge is 0.238 e. The third-order valence-corrected chi connectivity index (χ3v) is 4.21. The van der Waals surface area contributed by atoms with E-state index in [0.717, 1.165) is 0 Å². The summed E-state index contributed by atoms with van der Waals surface area (Å²) in [6, 6.07) is 11.8. The van der Waals surface area contributed by atoms with Crippen molar-refractivity contribution in [3.63, 3.8) is 0 Å². The number of nitrogens with two attached hydrogens (primary N) is 1. The van der Waals surface area contributed by atoms with Crippen molar-refractivity contribution in [1.29, 1.82) is 0 Å². The van der Waals surface area contributed by atoms with Gasteiger partial charge in [0, 0.05) is 0 Å². The zero-order valence-corrected chi connectivity index (χ0v) is 13.3. The van der Waals surface area contributed by atoms with Crippen molar-refractivity contribution in [3.8, 4) is 11.5 Å². The highest BCUT2D eigenvalue weighted by molar-refractivity contribution is 7.89. The van der Waals surface area contributed by atoms with Crippen LogP contribution in [0.25, 0.3) is 0 Å². The Morgan fingerprint density at radius 3 is 2.19 bits per heavy atom. The normalized spacial score (nSPS) is 11.7. The molecule has 112 valence electrons. The molecule has 0 aliphatic rings. The summed E-state index contributed by atoms with van der Waals surface area (Å²) in [6.07, 6.45) is 0. The number of hydrogen-bond acceptors (Lipinski definition) is 3. The molecule has 0 aromatic heterocycles. The second-order valence-electron chi connectivity index (χ2n) is 4.96. The summed E-state index contributed by atoms with van der Waals surface area (Å²) >= 11 is 6.02. The highest BCUT2D eigenvalue weighted by atomic mass is 35.5. The first kappa shape index (κ1) is 15.8. The van der Waals surface area contributed by atoms with Crippen LogP contribution in [-0.4, -0.2) is 8.42 Å². The Bertz CT molecular complexity index is 740. The molecule has 2 aromatic carbocycles. The Morgan fingerprint density at radius 2 is 1.71 bits per heavy atom. The van der Waals surface area contributed by atoms with E-state index in [1.54, 1.807) is 0 Å². The average Bonchev–Trinajstić information content (AvgIpc) is 2.40. The van der Waals surface area contributed by atoms with Crippen LogP contribution in [0.3, 0.4) is 0 Å². The van der Waals surface area contributed by atoms with E-state index < -0.39 is 10.0 Å². The zero-order valence-electron chi connectivity index (χ0n) is 11.7. The number of sulfonamides is 1. The fourth-order valence-electron chi connectivity index (χ4n) is 1.79. The molecular weight excluding hydrogens is 310 g/mol. The molecule has 0 saturated heterocycles. The summed E-state index contributed by atoms with van der Waals surface area (Å²) in [7, 11) is -3.77. The molecule has 0 fully saturated rings. The van der Waals surface area contributed by atoms with Crippen LogP contribution in [-0.2, 0) is 10.0 Å². The van der Waals surface area contributed by atoms with Crippen LogP contribution in [0.5, 0.6) is 11.5 Å². The van der Waals surface area contributed by atoms with Gasteiger partial charge in [-0.25, -0.2) is 13.6 Å². The van der Waals surface area contributed by atoms with Gasteiger partial charge in [-0.3, -0.25) is 0 Å². The van der Waals surface area contributed by atoms with Gasteiger partial charge in [0.25, 0.3) is 0 Å². The van der Waals surface area contributed by atoms with Crippen LogP contribution in [0.1, 0.15) is 25.3 Å². The van der Waals surface area contributed by atoms with E-state index in [4.69, 9.17) is 21.5 Å². The van der Waals surface area contributed by atoms with E-state index in [0.29, 0.717) is 17.4 Å². The summed E-state index contributed by atoms with van der Waals surface area (Å²) in [5.41, 5.74) is 1.21. The first-order valence-corrected chi connectivity index (χ1v) is 8.30. The molecule has 2 aromatic rings. The van der Waals surface area contributed by atoms with Crippen LogP contribution >= 0.6 is 11.6 Å². The van der Waals surface area contributed by atoms with Crippen LogP contribution in [0.2, 0.25) is 5.02 Å². The quantitative estimate of drug-likeness (QED) is 0.926. The van der Waals surface area contributed by atoms with Crippen molar-refractivity contribution in [2.45, 2.75) is 24.7 Å². The molecule has 0 amide bonds. The van der Waals surface area contributed by atoms with E-state index in [-0.39, 0.29) is 9.92 Å². The maximum absolute atomic E-state index is 11.2. The summed E-state index contributed by atoms with van der Waals surface area (Å²) in [5.74, 6) is 1.45. The third kappa shape index (κ3) is 3.97. The van der Waals surface area contributed by atoms with Crippen molar-refractivity contribution < 1.29 is 13.2 Å². The Labute approximate surface area is 129 Å². The number of benzene rings is 2. The molecule has 4 nitrogen and oxygen atoms in total. The van der Waals surface area contributed by atoms with Crippen molar-refractivity contribution in [1.82, 2.24) is 0 Å². The summed E-state index contributed by atoms with van der Waals surface area (Å²) in [6.45, 7) is 4.22. The second-order valence-corrected chi connectivity index (χ2v) is 6.93. The monoisotopic (exact) mass is 325 g/mol. The minimum absolute atomic E-state index is 0.0463. The van der Waals surface area contributed by atoms with E-state index in [1.807, 2.05) is 24.3 Å². The molecule has 2 rings (SSSR count). The number of rotatable bonds is 4. The largest absolute Gasteiger partial charge is 0.456 e. The van der Waals surface area contributed by atoms with Gasteiger partial charge in [-0.05, 0) is 41.8 Å². The Morgan fingerprint density at radius 1 is 1.10 bits per heavy atom. The molecule has 6 heteroatoms. The summed E-state index contributed by atoms with van der Waals surface area (Å²) < 4.78 is 28.1. The fourth-order valence-corrected chi connectivity index (χ4v) is 2.61. The van der Waals surface area contributed by atoms with Gasteiger partial charge in [0.1, 0.15) is 11.5 Å². The van der Waals surface area contributed by atoms with Gasteiger partial charge in [0.2, 0.25) is 10.0 Å². The molecule has 0 bridgehead atoms. The van der Waals surface area contributed by atoms with E-state index in [2.05, 4.69) is 13.8 Å². The van der Waals surface area contributed by atoms with Crippen LogP contribution in [0.15, 0.2) is 47.4 Å². The zero-order chi connectivity index (χ0) is 15.6. The lowest BCUT2D eigenvalue weighted by atomic mass is 10.0. The molecule has 2 N–H and O–H groups in total. The molecule has 0 heterocycles. The molecule has 0 unspecified atom stereocenters. The van der Waals surface area contributed by atoms with Gasteiger partial charge in [-0.2, -0.15) is 0 Å². The highest BCUT2D eigenvalue weighted by Gasteiger charge is 2.12. The first-order valence-electron chi connectivity index (χ1n) is 6.37. The standard InChI is InChI=1S/C15H16ClNO3S/c1-10(2)11-3-5-12(6-4-11)20-15-8-7-13(9-14(15)16)21(17,18)19/h3-10H,1-2H3,(H2,17,18,19). The molecular formula is C15H16ClNO3S. The van der Waals surface area contributed by atoms with Gasteiger partial charge in [0.15, 0.2) is 0 Å². The topological polar surface area (TPSA) is 69.4 Å². The van der Waals surface area contributed by atoms with Crippen LogP contribution in [0.4, 0.5) is 0 Å². The first-order chi connectivity index (χ1) is 9.77. The lowest BCUT2D eigenvalue weighted by molar-refractivity contribution is 0.482. The molecule has 0 spiro atoms.